The van der Waals surface area contributed by atoms with Gasteiger partial charge < -0.3 is 10.6 Å². The van der Waals surface area contributed by atoms with Crippen LogP contribution in [0.4, 0.5) is 10.1 Å². The summed E-state index contributed by atoms with van der Waals surface area (Å²) in [7, 11) is 0. The molecule has 1 amide bonds. The Morgan fingerprint density at radius 2 is 2.05 bits per heavy atom. The molecule has 1 atom stereocenters. The van der Waals surface area contributed by atoms with Crippen molar-refractivity contribution in [2.24, 2.45) is 5.92 Å². The summed E-state index contributed by atoms with van der Waals surface area (Å²) in [6, 6.07) is 6.96. The molecule has 2 aliphatic rings. The van der Waals surface area contributed by atoms with E-state index in [2.05, 4.69) is 15.5 Å². The number of rotatable bonds is 4. The lowest BCUT2D eigenvalue weighted by Gasteiger charge is -2.34. The molecule has 3 rings (SSSR count). The van der Waals surface area contributed by atoms with Crippen molar-refractivity contribution in [1.29, 1.82) is 0 Å². The SMILES string of the molecule is O=C(CN1CCC(C2CCCN2)CC1)Nc1ccccc1F. The van der Waals surface area contributed by atoms with Crippen LogP contribution in [-0.2, 0) is 4.79 Å². The molecular weight excluding hydrogens is 281 g/mol. The van der Waals surface area contributed by atoms with E-state index in [1.807, 2.05) is 0 Å². The number of nitrogens with zero attached hydrogens (tertiary/aromatic N) is 1. The number of benzene rings is 1. The smallest absolute Gasteiger partial charge is 0.238 e. The Morgan fingerprint density at radius 3 is 2.73 bits per heavy atom. The van der Waals surface area contributed by atoms with Crippen LogP contribution in [0.25, 0.3) is 0 Å². The summed E-state index contributed by atoms with van der Waals surface area (Å²) in [5.74, 6) is 0.220. The van der Waals surface area contributed by atoms with Crippen LogP contribution in [0.15, 0.2) is 24.3 Å². The summed E-state index contributed by atoms with van der Waals surface area (Å²) in [4.78, 5) is 14.2. The zero-order valence-electron chi connectivity index (χ0n) is 12.9. The van der Waals surface area contributed by atoms with Gasteiger partial charge in [0.1, 0.15) is 5.82 Å². The molecule has 22 heavy (non-hydrogen) atoms. The Morgan fingerprint density at radius 1 is 1.27 bits per heavy atom. The number of halogens is 1. The topological polar surface area (TPSA) is 44.4 Å². The minimum absolute atomic E-state index is 0.137. The van der Waals surface area contributed by atoms with Crippen LogP contribution >= 0.6 is 0 Å². The Labute approximate surface area is 131 Å². The van der Waals surface area contributed by atoms with Crippen LogP contribution < -0.4 is 10.6 Å². The highest BCUT2D eigenvalue weighted by Gasteiger charge is 2.28. The van der Waals surface area contributed by atoms with E-state index in [0.29, 0.717) is 12.6 Å². The van der Waals surface area contributed by atoms with Gasteiger partial charge in [-0.25, -0.2) is 4.39 Å². The van der Waals surface area contributed by atoms with Gasteiger partial charge in [-0.15, -0.1) is 0 Å². The van der Waals surface area contributed by atoms with Crippen molar-refractivity contribution in [2.45, 2.75) is 31.7 Å². The molecule has 2 fully saturated rings. The first-order valence-electron chi connectivity index (χ1n) is 8.22. The summed E-state index contributed by atoms with van der Waals surface area (Å²) in [5, 5.41) is 6.24. The normalized spacial score (nSPS) is 23.6. The van der Waals surface area contributed by atoms with Gasteiger partial charge in [0.15, 0.2) is 0 Å². The molecule has 0 aromatic heterocycles. The number of hydrogen-bond donors (Lipinski definition) is 2. The second-order valence-electron chi connectivity index (χ2n) is 6.34. The monoisotopic (exact) mass is 305 g/mol. The number of carbonyl (C=O) groups excluding carboxylic acids is 1. The number of hydrogen-bond acceptors (Lipinski definition) is 3. The van der Waals surface area contributed by atoms with E-state index in [9.17, 15) is 9.18 Å². The number of amides is 1. The van der Waals surface area contributed by atoms with Crippen LogP contribution in [0.1, 0.15) is 25.7 Å². The van der Waals surface area contributed by atoms with Gasteiger partial charge in [-0.1, -0.05) is 12.1 Å². The van der Waals surface area contributed by atoms with Gasteiger partial charge in [0.2, 0.25) is 5.91 Å². The Bertz CT molecular complexity index is 508. The number of piperidine rings is 1. The maximum Gasteiger partial charge on any atom is 0.238 e. The summed E-state index contributed by atoms with van der Waals surface area (Å²) >= 11 is 0. The number of nitrogens with one attached hydrogen (secondary N) is 2. The maximum absolute atomic E-state index is 13.5. The quantitative estimate of drug-likeness (QED) is 0.896. The molecule has 2 N–H and O–H groups in total. The second-order valence-corrected chi connectivity index (χ2v) is 6.34. The third-order valence-electron chi connectivity index (χ3n) is 4.81. The molecule has 2 saturated heterocycles. The van der Waals surface area contributed by atoms with Crippen LogP contribution in [-0.4, -0.2) is 43.0 Å². The first-order valence-corrected chi connectivity index (χ1v) is 8.22. The lowest BCUT2D eigenvalue weighted by atomic mass is 9.88. The van der Waals surface area contributed by atoms with Gasteiger partial charge in [0.25, 0.3) is 0 Å². The van der Waals surface area contributed by atoms with E-state index in [0.717, 1.165) is 38.4 Å². The second kappa shape index (κ2) is 7.20. The first kappa shape index (κ1) is 15.4. The predicted molar refractivity (Wildman–Crippen MR) is 85.2 cm³/mol. The maximum atomic E-state index is 13.5. The molecule has 5 heteroatoms. The molecule has 1 unspecified atom stereocenters. The highest BCUT2D eigenvalue weighted by molar-refractivity contribution is 5.92. The minimum atomic E-state index is -0.387. The van der Waals surface area contributed by atoms with Gasteiger partial charge >= 0.3 is 0 Å². The Balaban J connectivity index is 1.44. The van der Waals surface area contributed by atoms with E-state index in [1.165, 1.54) is 18.9 Å². The van der Waals surface area contributed by atoms with Crippen LogP contribution in [0.2, 0.25) is 0 Å². The summed E-state index contributed by atoms with van der Waals surface area (Å²) in [5.41, 5.74) is 0.262. The lowest BCUT2D eigenvalue weighted by Crippen LogP contribution is -2.43. The summed E-state index contributed by atoms with van der Waals surface area (Å²) in [6.45, 7) is 3.40. The van der Waals surface area contributed by atoms with Gasteiger partial charge in [-0.3, -0.25) is 9.69 Å². The highest BCUT2D eigenvalue weighted by atomic mass is 19.1. The fourth-order valence-corrected chi connectivity index (χ4v) is 3.58. The molecule has 0 spiro atoms. The van der Waals surface area contributed by atoms with Crippen molar-refractivity contribution < 1.29 is 9.18 Å². The zero-order valence-corrected chi connectivity index (χ0v) is 12.9. The van der Waals surface area contributed by atoms with E-state index in [4.69, 9.17) is 0 Å². The third-order valence-corrected chi connectivity index (χ3v) is 4.81. The molecule has 120 valence electrons. The molecule has 4 nitrogen and oxygen atoms in total. The fraction of sp³-hybridized carbons (Fsp3) is 0.588. The molecule has 2 heterocycles. The van der Waals surface area contributed by atoms with Gasteiger partial charge in [0.05, 0.1) is 12.2 Å². The zero-order chi connectivity index (χ0) is 15.4. The molecule has 2 aliphatic heterocycles. The van der Waals surface area contributed by atoms with E-state index < -0.39 is 0 Å². The van der Waals surface area contributed by atoms with Crippen LogP contribution in [0.5, 0.6) is 0 Å². The van der Waals surface area contributed by atoms with Crippen molar-refractivity contribution in [3.63, 3.8) is 0 Å². The van der Waals surface area contributed by atoms with E-state index in [1.54, 1.807) is 18.2 Å². The van der Waals surface area contributed by atoms with E-state index in [-0.39, 0.29) is 17.4 Å². The van der Waals surface area contributed by atoms with Gasteiger partial charge in [0, 0.05) is 6.04 Å². The minimum Gasteiger partial charge on any atom is -0.322 e. The molecule has 0 bridgehead atoms. The predicted octanol–water partition coefficient (Wildman–Crippen LogP) is 2.23. The largest absolute Gasteiger partial charge is 0.322 e. The molecule has 0 aliphatic carbocycles. The number of carbonyl (C=O) groups is 1. The van der Waals surface area contributed by atoms with Crippen molar-refractivity contribution >= 4 is 11.6 Å². The standard InChI is InChI=1S/C17H24FN3O/c18-14-4-1-2-5-16(14)20-17(22)12-21-10-7-13(8-11-21)15-6-3-9-19-15/h1-2,4-5,13,15,19H,3,6-12H2,(H,20,22). The average Bonchev–Trinajstić information content (AvgIpc) is 3.05. The molecule has 0 radical (unpaired) electrons. The van der Waals surface area contributed by atoms with Crippen LogP contribution in [0.3, 0.4) is 0 Å². The molecular formula is C17H24FN3O. The Hall–Kier alpha value is -1.46. The first-order chi connectivity index (χ1) is 10.7. The Kier molecular flexibility index (Phi) is 5.05. The summed E-state index contributed by atoms with van der Waals surface area (Å²) in [6.07, 6.45) is 4.86. The molecule has 1 aromatic rings. The van der Waals surface area contributed by atoms with Crippen LogP contribution in [0, 0.1) is 11.7 Å². The van der Waals surface area contributed by atoms with E-state index >= 15 is 0 Å². The number of anilines is 1. The number of para-hydroxylation sites is 1. The molecule has 1 aromatic carbocycles. The van der Waals surface area contributed by atoms with Crippen molar-refractivity contribution in [1.82, 2.24) is 10.2 Å². The summed E-state index contributed by atoms with van der Waals surface area (Å²) < 4.78 is 13.5. The van der Waals surface area contributed by atoms with Gasteiger partial charge in [-0.2, -0.15) is 0 Å². The molecule has 0 saturated carbocycles. The van der Waals surface area contributed by atoms with Crippen molar-refractivity contribution in [3.8, 4) is 0 Å². The third kappa shape index (κ3) is 3.84. The van der Waals surface area contributed by atoms with Crippen molar-refractivity contribution in [3.05, 3.63) is 30.1 Å². The lowest BCUT2D eigenvalue weighted by molar-refractivity contribution is -0.117. The van der Waals surface area contributed by atoms with Gasteiger partial charge in [-0.05, 0) is 63.4 Å². The highest BCUT2D eigenvalue weighted by Crippen LogP contribution is 2.25. The number of likely N-dealkylation sites (tertiary alicyclic amines) is 1. The fourth-order valence-electron chi connectivity index (χ4n) is 3.58. The average molecular weight is 305 g/mol. The van der Waals surface area contributed by atoms with Crippen molar-refractivity contribution in [2.75, 3.05) is 31.5 Å².